The van der Waals surface area contributed by atoms with E-state index in [2.05, 4.69) is 10.1 Å². The van der Waals surface area contributed by atoms with Gasteiger partial charge in [0, 0.05) is 12.3 Å². The van der Waals surface area contributed by atoms with E-state index in [-0.39, 0.29) is 0 Å². The molecule has 0 atom stereocenters. The molecule has 1 fully saturated rings. The third-order valence-corrected chi connectivity index (χ3v) is 3.36. The van der Waals surface area contributed by atoms with Gasteiger partial charge in [-0.25, -0.2) is 4.68 Å². The van der Waals surface area contributed by atoms with Crippen LogP contribution in [0.2, 0.25) is 0 Å². The van der Waals surface area contributed by atoms with Crippen LogP contribution in [-0.2, 0) is 0 Å². The van der Waals surface area contributed by atoms with Gasteiger partial charge in [-0.15, -0.1) is 0 Å². The number of pyridine rings is 1. The van der Waals surface area contributed by atoms with Gasteiger partial charge in [0.1, 0.15) is 11.5 Å². The average molecular weight is 228 g/mol. The van der Waals surface area contributed by atoms with Crippen molar-refractivity contribution < 1.29 is 0 Å². The fourth-order valence-electron chi connectivity index (χ4n) is 2.49. The molecule has 2 aromatic heterocycles. The third kappa shape index (κ3) is 1.90. The Kier molecular flexibility index (Phi) is 2.55. The molecule has 0 aliphatic heterocycles. The predicted molar refractivity (Wildman–Crippen MR) is 67.4 cm³/mol. The Balaban J connectivity index is 1.95. The van der Waals surface area contributed by atoms with E-state index in [0.717, 1.165) is 17.2 Å². The SMILES string of the molecule is Nc1cc(-c2ccccn2)nn1C1CCCC1. The fraction of sp³-hybridized carbons (Fsp3) is 0.385. The number of hydrogen-bond donors (Lipinski definition) is 1. The van der Waals surface area contributed by atoms with Crippen molar-refractivity contribution in [3.63, 3.8) is 0 Å². The van der Waals surface area contributed by atoms with Crippen LogP contribution in [-0.4, -0.2) is 14.8 Å². The van der Waals surface area contributed by atoms with Gasteiger partial charge in [-0.3, -0.25) is 4.98 Å². The number of nitrogens with zero attached hydrogens (tertiary/aromatic N) is 3. The summed E-state index contributed by atoms with van der Waals surface area (Å²) in [5.41, 5.74) is 7.79. The molecule has 3 rings (SSSR count). The molecule has 17 heavy (non-hydrogen) atoms. The first kappa shape index (κ1) is 10.3. The average Bonchev–Trinajstić information content (AvgIpc) is 2.99. The van der Waals surface area contributed by atoms with Crippen molar-refractivity contribution in [3.8, 4) is 11.4 Å². The summed E-state index contributed by atoms with van der Waals surface area (Å²) in [6.07, 6.45) is 6.72. The van der Waals surface area contributed by atoms with Crippen LogP contribution in [0.1, 0.15) is 31.7 Å². The van der Waals surface area contributed by atoms with Gasteiger partial charge in [0.2, 0.25) is 0 Å². The number of anilines is 1. The van der Waals surface area contributed by atoms with E-state index in [0.29, 0.717) is 6.04 Å². The van der Waals surface area contributed by atoms with E-state index in [1.165, 1.54) is 25.7 Å². The van der Waals surface area contributed by atoms with Crippen LogP contribution in [0.25, 0.3) is 11.4 Å². The van der Waals surface area contributed by atoms with Crippen molar-refractivity contribution in [1.82, 2.24) is 14.8 Å². The van der Waals surface area contributed by atoms with Crippen LogP contribution < -0.4 is 5.73 Å². The van der Waals surface area contributed by atoms with Gasteiger partial charge in [0.25, 0.3) is 0 Å². The first-order valence-corrected chi connectivity index (χ1v) is 6.11. The molecule has 4 nitrogen and oxygen atoms in total. The highest BCUT2D eigenvalue weighted by Gasteiger charge is 2.20. The van der Waals surface area contributed by atoms with E-state index in [4.69, 9.17) is 5.73 Å². The topological polar surface area (TPSA) is 56.7 Å². The second-order valence-electron chi connectivity index (χ2n) is 4.55. The van der Waals surface area contributed by atoms with Gasteiger partial charge < -0.3 is 5.73 Å². The maximum absolute atomic E-state index is 6.03. The minimum Gasteiger partial charge on any atom is -0.384 e. The lowest BCUT2D eigenvalue weighted by atomic mass is 10.2. The zero-order valence-electron chi connectivity index (χ0n) is 9.71. The molecule has 0 radical (unpaired) electrons. The first-order chi connectivity index (χ1) is 8.34. The van der Waals surface area contributed by atoms with Gasteiger partial charge in [0.15, 0.2) is 0 Å². The Labute approximate surface area is 100 Å². The van der Waals surface area contributed by atoms with E-state index in [1.807, 2.05) is 28.9 Å². The molecule has 0 bridgehead atoms. The molecule has 1 saturated carbocycles. The summed E-state index contributed by atoms with van der Waals surface area (Å²) in [7, 11) is 0. The van der Waals surface area contributed by atoms with Crippen molar-refractivity contribution in [2.75, 3.05) is 5.73 Å². The molecule has 2 heterocycles. The minimum absolute atomic E-state index is 0.479. The summed E-state index contributed by atoms with van der Waals surface area (Å²) in [5.74, 6) is 0.748. The van der Waals surface area contributed by atoms with Crippen molar-refractivity contribution >= 4 is 5.82 Å². The Bertz CT molecular complexity index is 497. The lowest BCUT2D eigenvalue weighted by molar-refractivity contribution is 0.475. The van der Waals surface area contributed by atoms with Crippen LogP contribution in [0.4, 0.5) is 5.82 Å². The summed E-state index contributed by atoms with van der Waals surface area (Å²) >= 11 is 0. The zero-order chi connectivity index (χ0) is 11.7. The van der Waals surface area contributed by atoms with Crippen molar-refractivity contribution in [2.24, 2.45) is 0 Å². The third-order valence-electron chi connectivity index (χ3n) is 3.36. The molecule has 2 aromatic rings. The number of hydrogen-bond acceptors (Lipinski definition) is 3. The van der Waals surface area contributed by atoms with Crippen LogP contribution in [0.3, 0.4) is 0 Å². The minimum atomic E-state index is 0.479. The van der Waals surface area contributed by atoms with Crippen LogP contribution in [0.5, 0.6) is 0 Å². The van der Waals surface area contributed by atoms with Gasteiger partial charge in [-0.1, -0.05) is 18.9 Å². The lowest BCUT2D eigenvalue weighted by Crippen LogP contribution is -2.09. The molecule has 0 saturated heterocycles. The van der Waals surface area contributed by atoms with E-state index >= 15 is 0 Å². The van der Waals surface area contributed by atoms with Crippen molar-refractivity contribution in [2.45, 2.75) is 31.7 Å². The maximum Gasteiger partial charge on any atom is 0.122 e. The summed E-state index contributed by atoms with van der Waals surface area (Å²) in [6.45, 7) is 0. The molecule has 1 aliphatic rings. The number of aromatic nitrogens is 3. The maximum atomic E-state index is 6.03. The highest BCUT2D eigenvalue weighted by molar-refractivity contribution is 5.57. The lowest BCUT2D eigenvalue weighted by Gasteiger charge is -2.11. The first-order valence-electron chi connectivity index (χ1n) is 6.11. The summed E-state index contributed by atoms with van der Waals surface area (Å²) in [6, 6.07) is 8.22. The highest BCUT2D eigenvalue weighted by Crippen LogP contribution is 2.32. The van der Waals surface area contributed by atoms with E-state index in [1.54, 1.807) is 6.20 Å². The van der Waals surface area contributed by atoms with Crippen molar-refractivity contribution in [1.29, 1.82) is 0 Å². The molecule has 4 heteroatoms. The largest absolute Gasteiger partial charge is 0.384 e. The standard InChI is InChI=1S/C13H16N4/c14-13-9-12(11-7-3-4-8-15-11)16-17(13)10-5-1-2-6-10/h3-4,7-10H,1-2,5-6,14H2. The molecule has 0 spiro atoms. The molecule has 2 N–H and O–H groups in total. The quantitative estimate of drug-likeness (QED) is 0.859. The molecular weight excluding hydrogens is 212 g/mol. The van der Waals surface area contributed by atoms with Crippen molar-refractivity contribution in [3.05, 3.63) is 30.5 Å². The van der Waals surface area contributed by atoms with Crippen LogP contribution >= 0.6 is 0 Å². The summed E-state index contributed by atoms with van der Waals surface area (Å²) in [5, 5.41) is 4.59. The van der Waals surface area contributed by atoms with Gasteiger partial charge in [-0.05, 0) is 25.0 Å². The molecule has 1 aliphatic carbocycles. The molecule has 0 unspecified atom stereocenters. The number of nitrogens with two attached hydrogens (primary N) is 1. The molecular formula is C13H16N4. The van der Waals surface area contributed by atoms with E-state index < -0.39 is 0 Å². The number of rotatable bonds is 2. The van der Waals surface area contributed by atoms with Crippen LogP contribution in [0, 0.1) is 0 Å². The Morgan fingerprint density at radius 3 is 2.71 bits per heavy atom. The van der Waals surface area contributed by atoms with Gasteiger partial charge >= 0.3 is 0 Å². The summed E-state index contributed by atoms with van der Waals surface area (Å²) < 4.78 is 1.97. The monoisotopic (exact) mass is 228 g/mol. The summed E-state index contributed by atoms with van der Waals surface area (Å²) in [4.78, 5) is 4.30. The number of nitrogen functional groups attached to an aromatic ring is 1. The second-order valence-corrected chi connectivity index (χ2v) is 4.55. The second kappa shape index (κ2) is 4.20. The highest BCUT2D eigenvalue weighted by atomic mass is 15.3. The van der Waals surface area contributed by atoms with Gasteiger partial charge in [0.05, 0.1) is 11.7 Å². The zero-order valence-corrected chi connectivity index (χ0v) is 9.71. The van der Waals surface area contributed by atoms with Gasteiger partial charge in [-0.2, -0.15) is 5.10 Å². The fourth-order valence-corrected chi connectivity index (χ4v) is 2.49. The Hall–Kier alpha value is -1.84. The molecule has 0 aromatic carbocycles. The van der Waals surface area contributed by atoms with Crippen LogP contribution in [0.15, 0.2) is 30.5 Å². The normalized spacial score (nSPS) is 16.5. The molecule has 88 valence electrons. The smallest absolute Gasteiger partial charge is 0.122 e. The van der Waals surface area contributed by atoms with E-state index in [9.17, 15) is 0 Å². The predicted octanol–water partition coefficient (Wildman–Crippen LogP) is 2.64. The Morgan fingerprint density at radius 1 is 1.18 bits per heavy atom. The Morgan fingerprint density at radius 2 is 2.00 bits per heavy atom. The molecule has 0 amide bonds.